The summed E-state index contributed by atoms with van der Waals surface area (Å²) in [5.41, 5.74) is 0.853. The number of hydrogen-bond donors (Lipinski definition) is 1. The Morgan fingerprint density at radius 3 is 2.50 bits per heavy atom. The van der Waals surface area contributed by atoms with Gasteiger partial charge >= 0.3 is 6.36 Å². The van der Waals surface area contributed by atoms with E-state index in [2.05, 4.69) is 4.74 Å². The van der Waals surface area contributed by atoms with E-state index in [1.165, 1.54) is 6.07 Å². The third-order valence-corrected chi connectivity index (χ3v) is 2.43. The van der Waals surface area contributed by atoms with Crippen molar-refractivity contribution in [2.45, 2.75) is 25.1 Å². The Morgan fingerprint density at radius 2 is 2.00 bits per heavy atom. The summed E-state index contributed by atoms with van der Waals surface area (Å²) in [4.78, 5) is 0. The minimum absolute atomic E-state index is 0.157. The molecule has 1 fully saturated rings. The van der Waals surface area contributed by atoms with Gasteiger partial charge in [-0.2, -0.15) is 0 Å². The highest BCUT2D eigenvalue weighted by atomic mass is 19.4. The van der Waals surface area contributed by atoms with Gasteiger partial charge in [-0.05, 0) is 36.0 Å². The lowest BCUT2D eigenvalue weighted by Crippen LogP contribution is -2.18. The van der Waals surface area contributed by atoms with Gasteiger partial charge in [0.15, 0.2) is 0 Å². The zero-order chi connectivity index (χ0) is 11.8. The fraction of sp³-hybridized carbons (Fsp3) is 0.364. The lowest BCUT2D eigenvalue weighted by Gasteiger charge is -2.13. The third-order valence-electron chi connectivity index (χ3n) is 2.43. The Morgan fingerprint density at radius 1 is 1.31 bits per heavy atom. The van der Waals surface area contributed by atoms with Crippen LogP contribution in [0.4, 0.5) is 13.2 Å². The van der Waals surface area contributed by atoms with Crippen LogP contribution in [0, 0.1) is 6.61 Å². The van der Waals surface area contributed by atoms with E-state index in [4.69, 9.17) is 5.11 Å². The maximum Gasteiger partial charge on any atom is 0.573 e. The monoisotopic (exact) mass is 231 g/mol. The van der Waals surface area contributed by atoms with E-state index in [1.807, 2.05) is 0 Å². The van der Waals surface area contributed by atoms with Crippen molar-refractivity contribution in [1.82, 2.24) is 0 Å². The maximum absolute atomic E-state index is 12.1. The molecule has 0 unspecified atom stereocenters. The first-order valence-corrected chi connectivity index (χ1v) is 4.87. The van der Waals surface area contributed by atoms with Crippen LogP contribution in [-0.2, 0) is 0 Å². The first kappa shape index (κ1) is 11.3. The molecule has 0 bridgehead atoms. The molecular weight excluding hydrogens is 221 g/mol. The van der Waals surface area contributed by atoms with Gasteiger partial charge in [0, 0.05) is 0 Å². The van der Waals surface area contributed by atoms with Gasteiger partial charge in [-0.1, -0.05) is 12.1 Å². The lowest BCUT2D eigenvalue weighted by atomic mass is 10.1. The van der Waals surface area contributed by atoms with Crippen LogP contribution < -0.4 is 4.74 Å². The van der Waals surface area contributed by atoms with Gasteiger partial charge in [0.1, 0.15) is 12.4 Å². The summed E-state index contributed by atoms with van der Waals surface area (Å²) in [6.07, 6.45) is -2.93. The van der Waals surface area contributed by atoms with Crippen molar-refractivity contribution in [3.8, 4) is 5.75 Å². The van der Waals surface area contributed by atoms with Gasteiger partial charge in [0.05, 0.1) is 0 Å². The normalized spacial score (nSPS) is 16.2. The van der Waals surface area contributed by atoms with Crippen LogP contribution in [-0.4, -0.2) is 11.5 Å². The molecule has 1 aromatic rings. The number of benzene rings is 1. The fourth-order valence-electron chi connectivity index (χ4n) is 1.58. The summed E-state index contributed by atoms with van der Waals surface area (Å²) >= 11 is 0. The van der Waals surface area contributed by atoms with E-state index in [-0.39, 0.29) is 11.7 Å². The largest absolute Gasteiger partial charge is 0.573 e. The third kappa shape index (κ3) is 2.66. The fourth-order valence-corrected chi connectivity index (χ4v) is 1.58. The molecule has 0 aromatic heterocycles. The predicted octanol–water partition coefficient (Wildman–Crippen LogP) is 3.34. The Balaban J connectivity index is 2.30. The summed E-state index contributed by atoms with van der Waals surface area (Å²) in [5, 5.41) is 8.74. The van der Waals surface area contributed by atoms with Crippen molar-refractivity contribution >= 4 is 0 Å². The zero-order valence-electron chi connectivity index (χ0n) is 8.29. The predicted molar refractivity (Wildman–Crippen MR) is 50.4 cm³/mol. The van der Waals surface area contributed by atoms with Gasteiger partial charge < -0.3 is 9.84 Å². The summed E-state index contributed by atoms with van der Waals surface area (Å²) in [5.74, 6) is -0.0529. The first-order valence-electron chi connectivity index (χ1n) is 4.87. The van der Waals surface area contributed by atoms with E-state index in [9.17, 15) is 13.2 Å². The molecule has 87 valence electrons. The number of alkyl halides is 3. The quantitative estimate of drug-likeness (QED) is 0.864. The average Bonchev–Trinajstić information content (AvgIpc) is 2.98. The van der Waals surface area contributed by atoms with E-state index in [0.29, 0.717) is 11.1 Å². The van der Waals surface area contributed by atoms with Crippen LogP contribution in [0.3, 0.4) is 0 Å². The van der Waals surface area contributed by atoms with Crippen LogP contribution in [0.25, 0.3) is 0 Å². The molecule has 1 radical (unpaired) electrons. The molecule has 1 aromatic carbocycles. The molecule has 16 heavy (non-hydrogen) atoms. The van der Waals surface area contributed by atoms with E-state index < -0.39 is 6.36 Å². The van der Waals surface area contributed by atoms with E-state index in [1.54, 1.807) is 12.1 Å². The standard InChI is InChI=1S/C11H10F3O2/c12-11(13,14)16-10-5-7(6-15)1-4-9(10)8-2-3-8/h1,4-6,8,15H,2-3H2. The van der Waals surface area contributed by atoms with Crippen LogP contribution in [0.5, 0.6) is 5.75 Å². The lowest BCUT2D eigenvalue weighted by molar-refractivity contribution is -0.274. The van der Waals surface area contributed by atoms with Crippen molar-refractivity contribution in [2.24, 2.45) is 0 Å². The number of rotatable bonds is 3. The topological polar surface area (TPSA) is 29.5 Å². The molecule has 2 rings (SSSR count). The molecule has 0 heterocycles. The molecule has 0 amide bonds. The molecule has 1 saturated carbocycles. The SMILES string of the molecule is O[CH]c1ccc(C2CC2)c(OC(F)(F)F)c1. The molecule has 0 saturated heterocycles. The minimum atomic E-state index is -4.70. The minimum Gasteiger partial charge on any atom is -0.405 e. The van der Waals surface area contributed by atoms with Crippen LogP contribution in [0.1, 0.15) is 29.9 Å². The molecule has 0 aliphatic heterocycles. The first-order chi connectivity index (χ1) is 7.49. The Kier molecular flexibility index (Phi) is 2.80. The van der Waals surface area contributed by atoms with Gasteiger partial charge in [0.25, 0.3) is 0 Å². The summed E-state index contributed by atoms with van der Waals surface area (Å²) in [6.45, 7) is 0.750. The van der Waals surface area contributed by atoms with Gasteiger partial charge in [-0.3, -0.25) is 0 Å². The highest BCUT2D eigenvalue weighted by molar-refractivity contribution is 5.43. The van der Waals surface area contributed by atoms with Crippen LogP contribution >= 0.6 is 0 Å². The molecular formula is C11H10F3O2. The Hall–Kier alpha value is -1.23. The van der Waals surface area contributed by atoms with Gasteiger partial charge in [0.2, 0.25) is 0 Å². The molecule has 1 aliphatic rings. The molecule has 0 atom stereocenters. The number of ether oxygens (including phenoxy) is 1. The second-order valence-electron chi connectivity index (χ2n) is 3.75. The highest BCUT2D eigenvalue weighted by Gasteiger charge is 2.35. The maximum atomic E-state index is 12.1. The zero-order valence-corrected chi connectivity index (χ0v) is 8.29. The Bertz CT molecular complexity index is 383. The number of hydrogen-bond acceptors (Lipinski definition) is 2. The van der Waals surface area contributed by atoms with Crippen molar-refractivity contribution in [1.29, 1.82) is 0 Å². The van der Waals surface area contributed by atoms with E-state index in [0.717, 1.165) is 19.4 Å². The highest BCUT2D eigenvalue weighted by Crippen LogP contribution is 2.45. The Labute approximate surface area is 90.7 Å². The molecule has 0 spiro atoms. The number of aliphatic hydroxyl groups excluding tert-OH is 1. The molecule has 1 N–H and O–H groups in total. The molecule has 5 heteroatoms. The van der Waals surface area contributed by atoms with Gasteiger partial charge in [-0.15, -0.1) is 13.2 Å². The second kappa shape index (κ2) is 3.97. The number of halogens is 3. The van der Waals surface area contributed by atoms with Crippen molar-refractivity contribution < 1.29 is 23.0 Å². The molecule has 2 nitrogen and oxygen atoms in total. The van der Waals surface area contributed by atoms with Crippen LogP contribution in [0.15, 0.2) is 18.2 Å². The van der Waals surface area contributed by atoms with Crippen molar-refractivity contribution in [3.05, 3.63) is 35.9 Å². The van der Waals surface area contributed by atoms with E-state index >= 15 is 0 Å². The van der Waals surface area contributed by atoms with Crippen molar-refractivity contribution in [2.75, 3.05) is 0 Å². The molecule has 1 aliphatic carbocycles. The average molecular weight is 231 g/mol. The number of aliphatic hydroxyl groups is 1. The summed E-state index contributed by atoms with van der Waals surface area (Å²) < 4.78 is 40.4. The summed E-state index contributed by atoms with van der Waals surface area (Å²) in [7, 11) is 0. The van der Waals surface area contributed by atoms with Crippen molar-refractivity contribution in [3.63, 3.8) is 0 Å². The smallest absolute Gasteiger partial charge is 0.405 e. The van der Waals surface area contributed by atoms with Gasteiger partial charge in [-0.25, -0.2) is 0 Å². The summed E-state index contributed by atoms with van der Waals surface area (Å²) in [6, 6.07) is 4.33. The second-order valence-corrected chi connectivity index (χ2v) is 3.75. The van der Waals surface area contributed by atoms with Crippen LogP contribution in [0.2, 0.25) is 0 Å².